The maximum absolute atomic E-state index is 13.1. The fourth-order valence-corrected chi connectivity index (χ4v) is 2.06. The van der Waals surface area contributed by atoms with Crippen molar-refractivity contribution in [1.29, 1.82) is 0 Å². The van der Waals surface area contributed by atoms with Gasteiger partial charge in [0.2, 0.25) is 0 Å². The minimum Gasteiger partial charge on any atom is -0.385 e. The van der Waals surface area contributed by atoms with Crippen LogP contribution in [0.15, 0.2) is 36.5 Å². The Morgan fingerprint density at radius 2 is 2.17 bits per heavy atom. The predicted octanol–water partition coefficient (Wildman–Crippen LogP) is 3.57. The third kappa shape index (κ3) is 5.19. The van der Waals surface area contributed by atoms with Crippen molar-refractivity contribution >= 4 is 29.0 Å². The maximum Gasteiger partial charge on any atom is 0.255 e. The summed E-state index contributed by atoms with van der Waals surface area (Å²) in [4.78, 5) is 16.4. The fraction of sp³-hybridized carbons (Fsp3) is 0.250. The number of nitrogens with one attached hydrogen (secondary N) is 2. The number of anilines is 2. The average Bonchev–Trinajstić information content (AvgIpc) is 2.55. The van der Waals surface area contributed by atoms with Crippen LogP contribution < -0.4 is 10.6 Å². The second-order valence-corrected chi connectivity index (χ2v) is 5.19. The normalized spacial score (nSPS) is 10.4. The van der Waals surface area contributed by atoms with Gasteiger partial charge >= 0.3 is 0 Å². The van der Waals surface area contributed by atoms with E-state index in [1.807, 2.05) is 0 Å². The Morgan fingerprint density at radius 1 is 1.35 bits per heavy atom. The summed E-state index contributed by atoms with van der Waals surface area (Å²) in [7, 11) is 1.64. The molecule has 0 aliphatic carbocycles. The summed E-state index contributed by atoms with van der Waals surface area (Å²) < 4.78 is 18.1. The highest BCUT2D eigenvalue weighted by atomic mass is 35.5. The van der Waals surface area contributed by atoms with Crippen molar-refractivity contribution in [3.05, 3.63) is 52.9 Å². The van der Waals surface area contributed by atoms with Gasteiger partial charge in [0.25, 0.3) is 5.91 Å². The van der Waals surface area contributed by atoms with Crippen molar-refractivity contribution in [1.82, 2.24) is 4.98 Å². The highest BCUT2D eigenvalue weighted by Gasteiger charge is 2.09. The molecule has 23 heavy (non-hydrogen) atoms. The van der Waals surface area contributed by atoms with Gasteiger partial charge in [-0.25, -0.2) is 9.37 Å². The standard InChI is InChI=1S/C16H17ClFN3O2/c1-23-8-2-6-19-15-9-11(5-7-20-15)16(22)21-12-3-4-14(18)13(17)10-12/h3-5,7,9-10H,2,6,8H2,1H3,(H,19,20)(H,21,22). The summed E-state index contributed by atoms with van der Waals surface area (Å²) in [5.41, 5.74) is 0.863. The molecule has 2 aromatic rings. The molecule has 0 aliphatic heterocycles. The maximum atomic E-state index is 13.1. The molecule has 1 heterocycles. The Morgan fingerprint density at radius 3 is 2.91 bits per heavy atom. The molecule has 0 unspecified atom stereocenters. The van der Waals surface area contributed by atoms with Gasteiger partial charge in [0.15, 0.2) is 0 Å². The van der Waals surface area contributed by atoms with Crippen molar-refractivity contribution in [2.75, 3.05) is 30.9 Å². The van der Waals surface area contributed by atoms with Crippen LogP contribution in [0.25, 0.3) is 0 Å². The van der Waals surface area contributed by atoms with Crippen molar-refractivity contribution in [2.45, 2.75) is 6.42 Å². The van der Waals surface area contributed by atoms with E-state index in [1.54, 1.807) is 25.4 Å². The molecule has 122 valence electrons. The fourth-order valence-electron chi connectivity index (χ4n) is 1.88. The van der Waals surface area contributed by atoms with Gasteiger partial charge in [0.05, 0.1) is 5.02 Å². The summed E-state index contributed by atoms with van der Waals surface area (Å²) >= 11 is 5.69. The van der Waals surface area contributed by atoms with Crippen LogP contribution in [0.4, 0.5) is 15.9 Å². The van der Waals surface area contributed by atoms with Gasteiger partial charge in [0.1, 0.15) is 11.6 Å². The molecule has 0 radical (unpaired) electrons. The van der Waals surface area contributed by atoms with E-state index in [9.17, 15) is 9.18 Å². The first-order chi connectivity index (χ1) is 11.1. The lowest BCUT2D eigenvalue weighted by molar-refractivity contribution is 0.102. The van der Waals surface area contributed by atoms with E-state index in [-0.39, 0.29) is 10.9 Å². The molecular formula is C16H17ClFN3O2. The lowest BCUT2D eigenvalue weighted by atomic mass is 10.2. The van der Waals surface area contributed by atoms with E-state index < -0.39 is 5.82 Å². The number of methoxy groups -OCH3 is 1. The van der Waals surface area contributed by atoms with E-state index >= 15 is 0 Å². The van der Waals surface area contributed by atoms with Crippen LogP contribution in [0.2, 0.25) is 5.02 Å². The van der Waals surface area contributed by atoms with E-state index in [1.165, 1.54) is 18.2 Å². The van der Waals surface area contributed by atoms with Gasteiger partial charge in [0, 0.05) is 37.7 Å². The topological polar surface area (TPSA) is 63.2 Å². The van der Waals surface area contributed by atoms with E-state index in [0.717, 1.165) is 6.42 Å². The van der Waals surface area contributed by atoms with Gasteiger partial charge in [-0.2, -0.15) is 0 Å². The zero-order valence-electron chi connectivity index (χ0n) is 12.6. The van der Waals surface area contributed by atoms with Gasteiger partial charge in [-0.3, -0.25) is 4.79 Å². The van der Waals surface area contributed by atoms with Crippen molar-refractivity contribution in [2.24, 2.45) is 0 Å². The molecule has 0 spiro atoms. The van der Waals surface area contributed by atoms with Crippen LogP contribution in [0, 0.1) is 5.82 Å². The Hall–Kier alpha value is -2.18. The number of halogens is 2. The first kappa shape index (κ1) is 17.2. The van der Waals surface area contributed by atoms with Crippen LogP contribution in [0.3, 0.4) is 0 Å². The number of rotatable bonds is 7. The molecule has 0 aliphatic rings. The summed E-state index contributed by atoms with van der Waals surface area (Å²) in [6.07, 6.45) is 2.38. The number of nitrogens with zero attached hydrogens (tertiary/aromatic N) is 1. The molecule has 2 N–H and O–H groups in total. The van der Waals surface area contributed by atoms with Crippen LogP contribution in [0.5, 0.6) is 0 Å². The minimum absolute atomic E-state index is 0.0435. The van der Waals surface area contributed by atoms with Crippen LogP contribution in [0.1, 0.15) is 16.8 Å². The molecule has 0 bridgehead atoms. The van der Waals surface area contributed by atoms with Crippen molar-refractivity contribution < 1.29 is 13.9 Å². The van der Waals surface area contributed by atoms with Crippen molar-refractivity contribution in [3.63, 3.8) is 0 Å². The van der Waals surface area contributed by atoms with Crippen molar-refractivity contribution in [3.8, 4) is 0 Å². The number of carbonyl (C=O) groups excluding carboxylic acids is 1. The number of carbonyl (C=O) groups is 1. The van der Waals surface area contributed by atoms with Gasteiger partial charge in [-0.15, -0.1) is 0 Å². The predicted molar refractivity (Wildman–Crippen MR) is 88.6 cm³/mol. The van der Waals surface area contributed by atoms with Gasteiger partial charge < -0.3 is 15.4 Å². The highest BCUT2D eigenvalue weighted by molar-refractivity contribution is 6.31. The van der Waals surface area contributed by atoms with E-state index in [0.29, 0.717) is 30.2 Å². The number of aromatic nitrogens is 1. The lowest BCUT2D eigenvalue weighted by Gasteiger charge is -2.08. The first-order valence-corrected chi connectivity index (χ1v) is 7.43. The molecule has 2 rings (SSSR count). The molecular weight excluding hydrogens is 321 g/mol. The van der Waals surface area contributed by atoms with Crippen LogP contribution in [-0.4, -0.2) is 31.2 Å². The molecule has 0 fully saturated rings. The SMILES string of the molecule is COCCCNc1cc(C(=O)Nc2ccc(F)c(Cl)c2)ccn1. The van der Waals surface area contributed by atoms with E-state index in [2.05, 4.69) is 15.6 Å². The second-order valence-electron chi connectivity index (χ2n) is 4.79. The summed E-state index contributed by atoms with van der Waals surface area (Å²) in [5, 5.41) is 5.73. The largest absolute Gasteiger partial charge is 0.385 e. The summed E-state index contributed by atoms with van der Waals surface area (Å²) in [6, 6.07) is 7.26. The highest BCUT2D eigenvalue weighted by Crippen LogP contribution is 2.20. The number of ether oxygens (including phenoxy) is 1. The number of hydrogen-bond donors (Lipinski definition) is 2. The molecule has 0 saturated carbocycles. The monoisotopic (exact) mass is 337 g/mol. The minimum atomic E-state index is -0.531. The molecule has 1 aromatic heterocycles. The van der Waals surface area contributed by atoms with E-state index in [4.69, 9.17) is 16.3 Å². The lowest BCUT2D eigenvalue weighted by Crippen LogP contribution is -2.13. The second kappa shape index (κ2) is 8.45. The number of amides is 1. The smallest absolute Gasteiger partial charge is 0.255 e. The van der Waals surface area contributed by atoms with Gasteiger partial charge in [-0.05, 0) is 36.8 Å². The zero-order chi connectivity index (χ0) is 16.7. The quantitative estimate of drug-likeness (QED) is 0.758. The molecule has 7 heteroatoms. The Balaban J connectivity index is 2.00. The molecule has 1 aromatic carbocycles. The summed E-state index contributed by atoms with van der Waals surface area (Å²) in [5.74, 6) is -0.253. The molecule has 5 nitrogen and oxygen atoms in total. The zero-order valence-corrected chi connectivity index (χ0v) is 13.4. The summed E-state index contributed by atoms with van der Waals surface area (Å²) in [6.45, 7) is 1.35. The molecule has 0 atom stereocenters. The third-order valence-corrected chi connectivity index (χ3v) is 3.32. The first-order valence-electron chi connectivity index (χ1n) is 7.05. The number of benzene rings is 1. The molecule has 0 saturated heterocycles. The Bertz CT molecular complexity index is 682. The van der Waals surface area contributed by atoms with Gasteiger partial charge in [-0.1, -0.05) is 11.6 Å². The third-order valence-electron chi connectivity index (χ3n) is 3.03. The van der Waals surface area contributed by atoms with Crippen LogP contribution >= 0.6 is 11.6 Å². The Kier molecular flexibility index (Phi) is 6.31. The average molecular weight is 338 g/mol. The van der Waals surface area contributed by atoms with Crippen LogP contribution in [-0.2, 0) is 4.74 Å². The number of hydrogen-bond acceptors (Lipinski definition) is 4. The Labute approximate surface area is 138 Å². The molecule has 1 amide bonds. The number of pyridine rings is 1.